The van der Waals surface area contributed by atoms with Crippen LogP contribution in [0.3, 0.4) is 0 Å². The van der Waals surface area contributed by atoms with Gasteiger partial charge in [-0.05, 0) is 62.7 Å². The summed E-state index contributed by atoms with van der Waals surface area (Å²) in [5.74, 6) is 1.71. The second-order valence-corrected chi connectivity index (χ2v) is 7.99. The van der Waals surface area contributed by atoms with E-state index in [2.05, 4.69) is 6.58 Å². The minimum absolute atomic E-state index is 0.0102. The van der Waals surface area contributed by atoms with Gasteiger partial charge in [-0.15, -0.1) is 0 Å². The second-order valence-electron chi connectivity index (χ2n) is 7.99. The zero-order chi connectivity index (χ0) is 16.8. The molecule has 1 saturated heterocycles. The molecule has 0 amide bonds. The number of esters is 2. The highest BCUT2D eigenvalue weighted by molar-refractivity contribution is 5.87. The molecule has 0 N–H and O–H groups in total. The maximum Gasteiger partial charge on any atom is 0.333 e. The maximum atomic E-state index is 12.5. The molecule has 5 heteroatoms. The van der Waals surface area contributed by atoms with Crippen molar-refractivity contribution in [3.05, 3.63) is 12.2 Å². The normalized spacial score (nSPS) is 42.8. The molecule has 0 radical (unpaired) electrons. The highest BCUT2D eigenvalue weighted by Crippen LogP contribution is 2.61. The van der Waals surface area contributed by atoms with E-state index in [1.54, 1.807) is 6.92 Å². The SMILES string of the molecule is C=C(C)C(=O)OC1CC2C3CC(C(=O)OC4CCCO4)C(C3)C2C1. The highest BCUT2D eigenvalue weighted by atomic mass is 16.7. The molecule has 3 saturated carbocycles. The Hall–Kier alpha value is -1.36. The summed E-state index contributed by atoms with van der Waals surface area (Å²) in [6.45, 7) is 6.02. The van der Waals surface area contributed by atoms with Gasteiger partial charge in [-0.2, -0.15) is 0 Å². The van der Waals surface area contributed by atoms with Gasteiger partial charge in [-0.25, -0.2) is 4.79 Å². The van der Waals surface area contributed by atoms with Crippen molar-refractivity contribution in [3.8, 4) is 0 Å². The van der Waals surface area contributed by atoms with Crippen LogP contribution in [0.5, 0.6) is 0 Å². The predicted molar refractivity (Wildman–Crippen MR) is 85.7 cm³/mol. The van der Waals surface area contributed by atoms with Gasteiger partial charge in [0, 0.05) is 12.0 Å². The van der Waals surface area contributed by atoms with E-state index in [9.17, 15) is 9.59 Å². The molecule has 7 atom stereocenters. The summed E-state index contributed by atoms with van der Waals surface area (Å²) in [6, 6.07) is 0. The summed E-state index contributed by atoms with van der Waals surface area (Å²) in [4.78, 5) is 24.3. The maximum absolute atomic E-state index is 12.5. The lowest BCUT2D eigenvalue weighted by atomic mass is 9.76. The Balaban J connectivity index is 1.36. The molecule has 4 aliphatic rings. The van der Waals surface area contributed by atoms with Crippen LogP contribution in [-0.2, 0) is 23.8 Å². The van der Waals surface area contributed by atoms with E-state index in [0.717, 1.165) is 38.5 Å². The molecular formula is C19H26O5. The van der Waals surface area contributed by atoms with Crippen molar-refractivity contribution in [2.75, 3.05) is 6.61 Å². The van der Waals surface area contributed by atoms with Crippen LogP contribution in [0.4, 0.5) is 0 Å². The van der Waals surface area contributed by atoms with Crippen molar-refractivity contribution in [3.63, 3.8) is 0 Å². The molecule has 2 bridgehead atoms. The van der Waals surface area contributed by atoms with Gasteiger partial charge in [0.25, 0.3) is 0 Å². The van der Waals surface area contributed by atoms with Gasteiger partial charge in [0.2, 0.25) is 6.29 Å². The van der Waals surface area contributed by atoms with Crippen LogP contribution in [0.2, 0.25) is 0 Å². The van der Waals surface area contributed by atoms with Gasteiger partial charge in [-0.1, -0.05) is 6.58 Å². The van der Waals surface area contributed by atoms with Crippen LogP contribution >= 0.6 is 0 Å². The Kier molecular flexibility index (Phi) is 4.15. The van der Waals surface area contributed by atoms with Crippen LogP contribution in [0.1, 0.15) is 45.4 Å². The predicted octanol–water partition coefficient (Wildman–Crippen LogP) is 2.84. The van der Waals surface area contributed by atoms with E-state index >= 15 is 0 Å². The fraction of sp³-hybridized carbons (Fsp3) is 0.789. The number of ether oxygens (including phenoxy) is 3. The van der Waals surface area contributed by atoms with Gasteiger partial charge in [-0.3, -0.25) is 4.79 Å². The quantitative estimate of drug-likeness (QED) is 0.584. The summed E-state index contributed by atoms with van der Waals surface area (Å²) in [5.41, 5.74) is 0.452. The molecule has 7 unspecified atom stereocenters. The Bertz CT molecular complexity index is 550. The Labute approximate surface area is 142 Å². The topological polar surface area (TPSA) is 61.8 Å². The molecule has 132 valence electrons. The standard InChI is InChI=1S/C19H26O5/c1-10(2)18(20)23-12-8-13-11-6-14(15(13)9-12)16(7-11)19(21)24-17-4-3-5-22-17/h11-17H,1,3-9H2,2H3. The highest BCUT2D eigenvalue weighted by Gasteiger charge is 2.58. The third-order valence-corrected chi connectivity index (χ3v) is 6.48. The molecule has 5 nitrogen and oxygen atoms in total. The van der Waals surface area contributed by atoms with Crippen molar-refractivity contribution >= 4 is 11.9 Å². The summed E-state index contributed by atoms with van der Waals surface area (Å²) in [5, 5.41) is 0. The monoisotopic (exact) mass is 334 g/mol. The van der Waals surface area contributed by atoms with Crippen LogP contribution in [0.15, 0.2) is 12.2 Å². The Morgan fingerprint density at radius 3 is 2.54 bits per heavy atom. The van der Waals surface area contributed by atoms with Gasteiger partial charge in [0.15, 0.2) is 0 Å². The zero-order valence-corrected chi connectivity index (χ0v) is 14.2. The molecule has 24 heavy (non-hydrogen) atoms. The molecule has 0 aromatic rings. The molecule has 1 heterocycles. The zero-order valence-electron chi connectivity index (χ0n) is 14.2. The van der Waals surface area contributed by atoms with Crippen molar-refractivity contribution in [1.29, 1.82) is 0 Å². The van der Waals surface area contributed by atoms with Gasteiger partial charge in [0.1, 0.15) is 6.10 Å². The average molecular weight is 334 g/mol. The van der Waals surface area contributed by atoms with Crippen molar-refractivity contribution in [1.82, 2.24) is 0 Å². The lowest BCUT2D eigenvalue weighted by Crippen LogP contribution is -2.33. The lowest BCUT2D eigenvalue weighted by molar-refractivity contribution is -0.177. The molecule has 4 rings (SSSR count). The van der Waals surface area contributed by atoms with Gasteiger partial charge < -0.3 is 14.2 Å². The number of carbonyl (C=O) groups excluding carboxylic acids is 2. The molecule has 0 aromatic carbocycles. The van der Waals surface area contributed by atoms with E-state index < -0.39 is 0 Å². The summed E-state index contributed by atoms with van der Waals surface area (Å²) < 4.78 is 16.5. The van der Waals surface area contributed by atoms with Crippen LogP contribution < -0.4 is 0 Å². The Morgan fingerprint density at radius 2 is 1.83 bits per heavy atom. The van der Waals surface area contributed by atoms with E-state index in [4.69, 9.17) is 14.2 Å². The summed E-state index contributed by atoms with van der Waals surface area (Å²) >= 11 is 0. The van der Waals surface area contributed by atoms with E-state index in [0.29, 0.717) is 35.9 Å². The van der Waals surface area contributed by atoms with Gasteiger partial charge >= 0.3 is 11.9 Å². The minimum atomic E-state index is -0.333. The van der Waals surface area contributed by atoms with Crippen LogP contribution in [-0.4, -0.2) is 30.9 Å². The Morgan fingerprint density at radius 1 is 1.04 bits per heavy atom. The number of fused-ring (bicyclic) bond motifs is 5. The number of carbonyl (C=O) groups is 2. The average Bonchev–Trinajstić information content (AvgIpc) is 3.28. The van der Waals surface area contributed by atoms with Crippen LogP contribution in [0.25, 0.3) is 0 Å². The van der Waals surface area contributed by atoms with E-state index in [1.807, 2.05) is 0 Å². The van der Waals surface area contributed by atoms with Crippen molar-refractivity contribution in [2.24, 2.45) is 29.6 Å². The lowest BCUT2D eigenvalue weighted by Gasteiger charge is -2.30. The molecule has 4 fully saturated rings. The first-order valence-corrected chi connectivity index (χ1v) is 9.21. The number of rotatable bonds is 4. The summed E-state index contributed by atoms with van der Waals surface area (Å²) in [6.07, 6.45) is 5.32. The largest absolute Gasteiger partial charge is 0.459 e. The third kappa shape index (κ3) is 2.77. The molecule has 0 spiro atoms. The minimum Gasteiger partial charge on any atom is -0.459 e. The fourth-order valence-corrected chi connectivity index (χ4v) is 5.50. The van der Waals surface area contributed by atoms with Crippen molar-refractivity contribution in [2.45, 2.75) is 57.8 Å². The third-order valence-electron chi connectivity index (χ3n) is 6.48. The number of hydrogen-bond acceptors (Lipinski definition) is 5. The molecule has 1 aliphatic heterocycles. The van der Waals surface area contributed by atoms with Crippen LogP contribution in [0, 0.1) is 29.6 Å². The molecular weight excluding hydrogens is 308 g/mol. The smallest absolute Gasteiger partial charge is 0.333 e. The van der Waals surface area contributed by atoms with Crippen molar-refractivity contribution < 1.29 is 23.8 Å². The molecule has 0 aromatic heterocycles. The van der Waals surface area contributed by atoms with Gasteiger partial charge in [0.05, 0.1) is 12.5 Å². The van der Waals surface area contributed by atoms with E-state index in [1.165, 1.54) is 0 Å². The van der Waals surface area contributed by atoms with E-state index in [-0.39, 0.29) is 30.3 Å². The fourth-order valence-electron chi connectivity index (χ4n) is 5.50. The first kappa shape index (κ1) is 16.1. The molecule has 3 aliphatic carbocycles. The number of hydrogen-bond donors (Lipinski definition) is 0. The first-order chi connectivity index (χ1) is 11.5. The second kappa shape index (κ2) is 6.17. The summed E-state index contributed by atoms with van der Waals surface area (Å²) in [7, 11) is 0. The first-order valence-electron chi connectivity index (χ1n) is 9.21.